The molecule has 25 heavy (non-hydrogen) atoms. The van der Waals surface area contributed by atoms with E-state index in [2.05, 4.69) is 12.2 Å². The number of ether oxygens (including phenoxy) is 1. The third-order valence-electron chi connectivity index (χ3n) is 4.16. The molecule has 1 heterocycles. The Kier molecular flexibility index (Phi) is 7.12. The molecule has 0 unspecified atom stereocenters. The van der Waals surface area contributed by atoms with Gasteiger partial charge in [-0.05, 0) is 42.8 Å². The number of nitrogens with one attached hydrogen (secondary N) is 1. The largest absolute Gasteiger partial charge is 0.489 e. The molecule has 0 saturated carbocycles. The first-order chi connectivity index (χ1) is 11.6. The maximum Gasteiger partial charge on any atom is 0.254 e. The van der Waals surface area contributed by atoms with Crippen molar-refractivity contribution in [1.82, 2.24) is 10.2 Å². The van der Waals surface area contributed by atoms with E-state index in [0.717, 1.165) is 25.2 Å². The normalized spacial score (nSPS) is 16.9. The van der Waals surface area contributed by atoms with Crippen LogP contribution in [0.2, 0.25) is 5.02 Å². The summed E-state index contributed by atoms with van der Waals surface area (Å²) in [5, 5.41) is 4.00. The van der Waals surface area contributed by atoms with Crippen molar-refractivity contribution in [3.8, 4) is 5.75 Å². The quantitative estimate of drug-likeness (QED) is 0.877. The highest BCUT2D eigenvalue weighted by Crippen LogP contribution is 2.18. The van der Waals surface area contributed by atoms with Gasteiger partial charge >= 0.3 is 0 Å². The lowest BCUT2D eigenvalue weighted by Crippen LogP contribution is -2.52. The Morgan fingerprint density at radius 3 is 2.76 bits per heavy atom. The SMILES string of the molecule is C[C@H]1CNCCN1C(=O)c1cccc(OCc2ccc(Cl)cc2)c1.Cl. The fraction of sp³-hybridized carbons (Fsp3) is 0.316. The van der Waals surface area contributed by atoms with Gasteiger partial charge in [-0.2, -0.15) is 0 Å². The number of hydrogen-bond acceptors (Lipinski definition) is 3. The third-order valence-corrected chi connectivity index (χ3v) is 4.41. The second kappa shape index (κ2) is 9.09. The molecule has 1 atom stereocenters. The van der Waals surface area contributed by atoms with Crippen LogP contribution in [0.25, 0.3) is 0 Å². The topological polar surface area (TPSA) is 41.6 Å². The minimum atomic E-state index is 0. The van der Waals surface area contributed by atoms with Gasteiger partial charge in [-0.15, -0.1) is 12.4 Å². The van der Waals surface area contributed by atoms with Crippen molar-refractivity contribution >= 4 is 29.9 Å². The standard InChI is InChI=1S/C19H21ClN2O2.ClH/c1-14-12-21-9-10-22(14)19(23)16-3-2-4-18(11-16)24-13-15-5-7-17(20)8-6-15;/h2-8,11,14,21H,9-10,12-13H2,1H3;1H/t14-;/m0./s1. The summed E-state index contributed by atoms with van der Waals surface area (Å²) in [4.78, 5) is 14.6. The Labute approximate surface area is 159 Å². The second-order valence-corrected chi connectivity index (χ2v) is 6.43. The van der Waals surface area contributed by atoms with Gasteiger partial charge in [0.2, 0.25) is 0 Å². The van der Waals surface area contributed by atoms with E-state index in [1.165, 1.54) is 0 Å². The predicted molar refractivity (Wildman–Crippen MR) is 103 cm³/mol. The first kappa shape index (κ1) is 19.6. The summed E-state index contributed by atoms with van der Waals surface area (Å²) in [5.74, 6) is 0.750. The van der Waals surface area contributed by atoms with E-state index in [9.17, 15) is 4.79 Å². The summed E-state index contributed by atoms with van der Waals surface area (Å²) in [7, 11) is 0. The Bertz CT molecular complexity index is 707. The molecule has 1 aliphatic rings. The van der Waals surface area contributed by atoms with Crippen LogP contribution in [0.5, 0.6) is 5.75 Å². The summed E-state index contributed by atoms with van der Waals surface area (Å²) in [6.45, 7) is 4.90. The molecular formula is C19H22Cl2N2O2. The summed E-state index contributed by atoms with van der Waals surface area (Å²) in [6.07, 6.45) is 0. The number of carbonyl (C=O) groups excluding carboxylic acids is 1. The molecule has 0 aliphatic carbocycles. The van der Waals surface area contributed by atoms with Crippen molar-refractivity contribution < 1.29 is 9.53 Å². The maximum atomic E-state index is 12.7. The number of hydrogen-bond donors (Lipinski definition) is 1. The summed E-state index contributed by atoms with van der Waals surface area (Å²) in [6, 6.07) is 15.1. The molecule has 0 spiro atoms. The Morgan fingerprint density at radius 2 is 2.04 bits per heavy atom. The number of rotatable bonds is 4. The van der Waals surface area contributed by atoms with Crippen LogP contribution in [-0.2, 0) is 6.61 Å². The van der Waals surface area contributed by atoms with Crippen molar-refractivity contribution in [2.24, 2.45) is 0 Å². The van der Waals surface area contributed by atoms with Gasteiger partial charge in [-0.25, -0.2) is 0 Å². The van der Waals surface area contributed by atoms with Gasteiger partial charge < -0.3 is 15.0 Å². The van der Waals surface area contributed by atoms with Crippen LogP contribution in [0.15, 0.2) is 48.5 Å². The average Bonchev–Trinajstić information content (AvgIpc) is 2.61. The highest BCUT2D eigenvalue weighted by molar-refractivity contribution is 6.30. The molecule has 1 N–H and O–H groups in total. The number of piperazine rings is 1. The molecule has 6 heteroatoms. The number of amides is 1. The molecular weight excluding hydrogens is 359 g/mol. The fourth-order valence-electron chi connectivity index (χ4n) is 2.77. The molecule has 1 aliphatic heterocycles. The minimum absolute atomic E-state index is 0. The molecule has 0 radical (unpaired) electrons. The molecule has 3 rings (SSSR count). The molecule has 134 valence electrons. The van der Waals surface area contributed by atoms with Gasteiger partial charge in [0.25, 0.3) is 5.91 Å². The molecule has 1 saturated heterocycles. The smallest absolute Gasteiger partial charge is 0.254 e. The summed E-state index contributed by atoms with van der Waals surface area (Å²) < 4.78 is 5.81. The van der Waals surface area contributed by atoms with E-state index >= 15 is 0 Å². The third kappa shape index (κ3) is 5.11. The van der Waals surface area contributed by atoms with Crippen LogP contribution in [-0.4, -0.2) is 36.5 Å². The molecule has 1 fully saturated rings. The van der Waals surface area contributed by atoms with E-state index in [1.807, 2.05) is 53.4 Å². The van der Waals surface area contributed by atoms with Gasteiger partial charge in [-0.3, -0.25) is 4.79 Å². The minimum Gasteiger partial charge on any atom is -0.489 e. The van der Waals surface area contributed by atoms with Crippen LogP contribution in [0.4, 0.5) is 0 Å². The molecule has 1 amide bonds. The number of nitrogens with zero attached hydrogens (tertiary/aromatic N) is 1. The number of carbonyl (C=O) groups is 1. The highest BCUT2D eigenvalue weighted by Gasteiger charge is 2.24. The zero-order valence-electron chi connectivity index (χ0n) is 14.1. The molecule has 4 nitrogen and oxygen atoms in total. The monoisotopic (exact) mass is 380 g/mol. The lowest BCUT2D eigenvalue weighted by Gasteiger charge is -2.34. The van der Waals surface area contributed by atoms with Crippen molar-refractivity contribution in [3.63, 3.8) is 0 Å². The van der Waals surface area contributed by atoms with E-state index in [0.29, 0.717) is 22.9 Å². The van der Waals surface area contributed by atoms with Crippen LogP contribution in [0.3, 0.4) is 0 Å². The first-order valence-corrected chi connectivity index (χ1v) is 8.50. The first-order valence-electron chi connectivity index (χ1n) is 8.12. The van der Waals surface area contributed by atoms with Crippen molar-refractivity contribution in [1.29, 1.82) is 0 Å². The Balaban J connectivity index is 0.00000225. The molecule has 0 bridgehead atoms. The van der Waals surface area contributed by atoms with Crippen LogP contribution in [0.1, 0.15) is 22.8 Å². The average molecular weight is 381 g/mol. The number of halogens is 2. The predicted octanol–water partition coefficient (Wildman–Crippen LogP) is 3.77. The van der Waals surface area contributed by atoms with E-state index in [-0.39, 0.29) is 24.4 Å². The summed E-state index contributed by atoms with van der Waals surface area (Å²) >= 11 is 5.88. The lowest BCUT2D eigenvalue weighted by molar-refractivity contribution is 0.0655. The van der Waals surface area contributed by atoms with E-state index in [1.54, 1.807) is 0 Å². The number of benzene rings is 2. The summed E-state index contributed by atoms with van der Waals surface area (Å²) in [5.41, 5.74) is 1.70. The molecule has 2 aromatic carbocycles. The van der Waals surface area contributed by atoms with Gasteiger partial charge in [-0.1, -0.05) is 29.8 Å². The Hall–Kier alpha value is -1.75. The Morgan fingerprint density at radius 1 is 1.28 bits per heavy atom. The molecule has 2 aromatic rings. The maximum absolute atomic E-state index is 12.7. The van der Waals surface area contributed by atoms with Crippen LogP contribution < -0.4 is 10.1 Å². The van der Waals surface area contributed by atoms with Gasteiger partial charge in [0.05, 0.1) is 0 Å². The van der Waals surface area contributed by atoms with Crippen LogP contribution in [0, 0.1) is 0 Å². The van der Waals surface area contributed by atoms with Gasteiger partial charge in [0, 0.05) is 36.3 Å². The van der Waals surface area contributed by atoms with Crippen LogP contribution >= 0.6 is 24.0 Å². The van der Waals surface area contributed by atoms with E-state index < -0.39 is 0 Å². The second-order valence-electron chi connectivity index (χ2n) is 5.99. The van der Waals surface area contributed by atoms with Crippen molar-refractivity contribution in [2.75, 3.05) is 19.6 Å². The highest BCUT2D eigenvalue weighted by atomic mass is 35.5. The fourth-order valence-corrected chi connectivity index (χ4v) is 2.90. The van der Waals surface area contributed by atoms with Gasteiger partial charge in [0.1, 0.15) is 12.4 Å². The lowest BCUT2D eigenvalue weighted by atomic mass is 10.1. The zero-order valence-corrected chi connectivity index (χ0v) is 15.6. The zero-order chi connectivity index (χ0) is 16.9. The van der Waals surface area contributed by atoms with Crippen molar-refractivity contribution in [2.45, 2.75) is 19.6 Å². The van der Waals surface area contributed by atoms with E-state index in [4.69, 9.17) is 16.3 Å². The van der Waals surface area contributed by atoms with Gasteiger partial charge in [0.15, 0.2) is 0 Å². The van der Waals surface area contributed by atoms with Crippen molar-refractivity contribution in [3.05, 3.63) is 64.7 Å². The molecule has 0 aromatic heterocycles.